The lowest BCUT2D eigenvalue weighted by Crippen LogP contribution is -2.49. The Kier molecular flexibility index (Phi) is 5.97. The molecule has 1 aromatic carbocycles. The summed E-state index contributed by atoms with van der Waals surface area (Å²) in [5.74, 6) is 0.548. The lowest BCUT2D eigenvalue weighted by Gasteiger charge is -2.35. The summed E-state index contributed by atoms with van der Waals surface area (Å²) in [6.07, 6.45) is -3.29. The number of rotatable bonds is 5. The largest absolute Gasteiger partial charge is 0.468 e. The van der Waals surface area contributed by atoms with Gasteiger partial charge < -0.3 is 19.1 Å². The SMILES string of the molecule is Cc1onc(-c2ccccc2)c1C(=O)N1CCN(c2cc(OCC(F)(F)F)ncn2)CC1. The summed E-state index contributed by atoms with van der Waals surface area (Å²) in [5, 5.41) is 4.06. The van der Waals surface area contributed by atoms with Crippen molar-refractivity contribution < 1.29 is 27.2 Å². The molecule has 0 aliphatic carbocycles. The minimum Gasteiger partial charge on any atom is -0.468 e. The van der Waals surface area contributed by atoms with Crippen molar-refractivity contribution in [3.05, 3.63) is 54.0 Å². The summed E-state index contributed by atoms with van der Waals surface area (Å²) in [6.45, 7) is 1.99. The van der Waals surface area contributed by atoms with Crippen molar-refractivity contribution in [1.29, 1.82) is 0 Å². The first kappa shape index (κ1) is 21.6. The molecule has 3 aromatic rings. The summed E-state index contributed by atoms with van der Waals surface area (Å²) in [7, 11) is 0. The highest BCUT2D eigenvalue weighted by molar-refractivity contribution is 6.00. The zero-order chi connectivity index (χ0) is 22.7. The van der Waals surface area contributed by atoms with E-state index >= 15 is 0 Å². The van der Waals surface area contributed by atoms with Gasteiger partial charge in [-0.2, -0.15) is 13.2 Å². The van der Waals surface area contributed by atoms with Gasteiger partial charge in [-0.25, -0.2) is 9.97 Å². The second-order valence-electron chi connectivity index (χ2n) is 7.23. The van der Waals surface area contributed by atoms with E-state index in [1.165, 1.54) is 6.07 Å². The molecule has 0 radical (unpaired) electrons. The molecule has 1 aliphatic rings. The first-order valence-electron chi connectivity index (χ1n) is 9.89. The van der Waals surface area contributed by atoms with Crippen LogP contribution in [0, 0.1) is 6.92 Å². The monoisotopic (exact) mass is 447 g/mol. The Morgan fingerprint density at radius 2 is 1.84 bits per heavy atom. The molecule has 8 nitrogen and oxygen atoms in total. The number of nitrogens with zero attached hydrogens (tertiary/aromatic N) is 5. The van der Waals surface area contributed by atoms with Gasteiger partial charge in [0.25, 0.3) is 5.91 Å². The minimum absolute atomic E-state index is 0.154. The molecule has 0 saturated carbocycles. The van der Waals surface area contributed by atoms with Crippen LogP contribution in [0.4, 0.5) is 19.0 Å². The molecule has 3 heterocycles. The van der Waals surface area contributed by atoms with E-state index < -0.39 is 12.8 Å². The maximum absolute atomic E-state index is 13.2. The number of amides is 1. The van der Waals surface area contributed by atoms with Crippen LogP contribution in [-0.4, -0.2) is 64.9 Å². The average molecular weight is 447 g/mol. The zero-order valence-electron chi connectivity index (χ0n) is 17.2. The summed E-state index contributed by atoms with van der Waals surface area (Å²) in [5.41, 5.74) is 1.71. The number of halogens is 3. The third-order valence-corrected chi connectivity index (χ3v) is 5.03. The number of alkyl halides is 3. The zero-order valence-corrected chi connectivity index (χ0v) is 17.2. The summed E-state index contributed by atoms with van der Waals surface area (Å²) in [4.78, 5) is 24.6. The van der Waals surface area contributed by atoms with Crippen molar-refractivity contribution in [2.24, 2.45) is 0 Å². The van der Waals surface area contributed by atoms with E-state index in [4.69, 9.17) is 9.26 Å². The molecule has 1 aliphatic heterocycles. The van der Waals surface area contributed by atoms with E-state index in [1.807, 2.05) is 35.2 Å². The van der Waals surface area contributed by atoms with Crippen molar-refractivity contribution in [1.82, 2.24) is 20.0 Å². The van der Waals surface area contributed by atoms with Gasteiger partial charge in [0.1, 0.15) is 29.2 Å². The molecule has 0 spiro atoms. The molecule has 2 aromatic heterocycles. The normalized spacial score (nSPS) is 14.5. The number of carbonyl (C=O) groups excluding carboxylic acids is 1. The Bertz CT molecular complexity index is 1080. The Labute approximate surface area is 181 Å². The number of piperazine rings is 1. The predicted octanol–water partition coefficient (Wildman–Crippen LogP) is 3.34. The molecule has 0 atom stereocenters. The predicted molar refractivity (Wildman–Crippen MR) is 108 cm³/mol. The van der Waals surface area contributed by atoms with Crippen LogP contribution in [0.15, 0.2) is 47.2 Å². The first-order chi connectivity index (χ1) is 15.3. The van der Waals surface area contributed by atoms with Gasteiger partial charge in [-0.15, -0.1) is 0 Å². The quantitative estimate of drug-likeness (QED) is 0.593. The summed E-state index contributed by atoms with van der Waals surface area (Å²) >= 11 is 0. The van der Waals surface area contributed by atoms with Crippen LogP contribution in [0.5, 0.6) is 5.88 Å². The van der Waals surface area contributed by atoms with Crippen LogP contribution < -0.4 is 9.64 Å². The molecular formula is C21H20F3N5O3. The van der Waals surface area contributed by atoms with Crippen LogP contribution in [0.2, 0.25) is 0 Å². The second-order valence-corrected chi connectivity index (χ2v) is 7.23. The smallest absolute Gasteiger partial charge is 0.422 e. The molecule has 168 valence electrons. The molecular weight excluding hydrogens is 427 g/mol. The number of aryl methyl sites for hydroxylation is 1. The van der Waals surface area contributed by atoms with Gasteiger partial charge in [0.2, 0.25) is 5.88 Å². The molecule has 4 rings (SSSR count). The number of aromatic nitrogens is 3. The fourth-order valence-electron chi connectivity index (χ4n) is 3.45. The highest BCUT2D eigenvalue weighted by Crippen LogP contribution is 2.27. The molecule has 1 amide bonds. The lowest BCUT2D eigenvalue weighted by molar-refractivity contribution is -0.154. The van der Waals surface area contributed by atoms with Crippen molar-refractivity contribution in [3.8, 4) is 17.1 Å². The summed E-state index contributed by atoms with van der Waals surface area (Å²) < 4.78 is 47.1. The topological polar surface area (TPSA) is 84.6 Å². The van der Waals surface area contributed by atoms with Crippen molar-refractivity contribution >= 4 is 11.7 Å². The third-order valence-electron chi connectivity index (χ3n) is 5.03. The van der Waals surface area contributed by atoms with E-state index in [0.29, 0.717) is 49.0 Å². The molecule has 0 unspecified atom stereocenters. The van der Waals surface area contributed by atoms with Crippen molar-refractivity contribution in [3.63, 3.8) is 0 Å². The molecule has 11 heteroatoms. The standard InChI is InChI=1S/C21H20F3N5O3/c1-14-18(19(27-32-14)15-5-3-2-4-6-15)20(30)29-9-7-28(8-10-29)16-11-17(26-13-25-16)31-12-21(22,23)24/h2-6,11,13H,7-10,12H2,1H3. The van der Waals surface area contributed by atoms with Gasteiger partial charge in [-0.1, -0.05) is 35.5 Å². The van der Waals surface area contributed by atoms with E-state index in [0.717, 1.165) is 11.9 Å². The number of anilines is 1. The Hall–Kier alpha value is -3.63. The minimum atomic E-state index is -4.45. The second kappa shape index (κ2) is 8.85. The molecule has 1 fully saturated rings. The van der Waals surface area contributed by atoms with E-state index in [2.05, 4.69) is 15.1 Å². The van der Waals surface area contributed by atoms with Gasteiger partial charge in [0.05, 0.1) is 0 Å². The van der Waals surface area contributed by atoms with E-state index in [-0.39, 0.29) is 11.8 Å². The number of hydrogen-bond donors (Lipinski definition) is 0. The van der Waals surface area contributed by atoms with Crippen molar-refractivity contribution in [2.75, 3.05) is 37.7 Å². The lowest BCUT2D eigenvalue weighted by atomic mass is 10.0. The fraction of sp³-hybridized carbons (Fsp3) is 0.333. The fourth-order valence-corrected chi connectivity index (χ4v) is 3.45. The van der Waals surface area contributed by atoms with Gasteiger partial charge in [0.15, 0.2) is 6.61 Å². The van der Waals surface area contributed by atoms with Crippen LogP contribution >= 0.6 is 0 Å². The first-order valence-corrected chi connectivity index (χ1v) is 9.89. The number of benzene rings is 1. The van der Waals surface area contributed by atoms with Gasteiger partial charge >= 0.3 is 6.18 Å². The van der Waals surface area contributed by atoms with Crippen LogP contribution in [0.25, 0.3) is 11.3 Å². The highest BCUT2D eigenvalue weighted by Gasteiger charge is 2.30. The number of hydrogen-bond acceptors (Lipinski definition) is 7. The van der Waals surface area contributed by atoms with Crippen LogP contribution in [-0.2, 0) is 0 Å². The molecule has 0 bridgehead atoms. The maximum atomic E-state index is 13.2. The van der Waals surface area contributed by atoms with E-state index in [1.54, 1.807) is 11.8 Å². The van der Waals surface area contributed by atoms with Crippen molar-refractivity contribution in [2.45, 2.75) is 13.1 Å². The Morgan fingerprint density at radius 3 is 2.53 bits per heavy atom. The average Bonchev–Trinajstić information content (AvgIpc) is 3.19. The molecule has 1 saturated heterocycles. The van der Waals surface area contributed by atoms with Gasteiger partial charge in [-0.3, -0.25) is 4.79 Å². The molecule has 32 heavy (non-hydrogen) atoms. The Balaban J connectivity index is 1.43. The summed E-state index contributed by atoms with van der Waals surface area (Å²) in [6, 6.07) is 10.7. The van der Waals surface area contributed by atoms with E-state index in [9.17, 15) is 18.0 Å². The Morgan fingerprint density at radius 1 is 1.12 bits per heavy atom. The van der Waals surface area contributed by atoms with Crippen LogP contribution in [0.1, 0.15) is 16.1 Å². The molecule has 0 N–H and O–H groups in total. The number of ether oxygens (including phenoxy) is 1. The van der Waals surface area contributed by atoms with Crippen LogP contribution in [0.3, 0.4) is 0 Å². The highest BCUT2D eigenvalue weighted by atomic mass is 19.4. The van der Waals surface area contributed by atoms with Gasteiger partial charge in [0, 0.05) is 37.8 Å². The number of carbonyl (C=O) groups is 1. The third kappa shape index (κ3) is 4.82. The maximum Gasteiger partial charge on any atom is 0.422 e. The van der Waals surface area contributed by atoms with Gasteiger partial charge in [-0.05, 0) is 6.92 Å².